The predicted molar refractivity (Wildman–Crippen MR) is 124 cm³/mol. The Labute approximate surface area is 187 Å². The Morgan fingerprint density at radius 1 is 0.906 bits per heavy atom. The summed E-state index contributed by atoms with van der Waals surface area (Å²) in [5, 5.41) is 2.67. The SMILES string of the molecule is COc1ccccc1NS(=O)(=O)c1cc(NC(=O)CCC(=O)c2ccccc2)ccc1C. The molecule has 0 aliphatic rings. The number of ether oxygens (including phenoxy) is 1. The quantitative estimate of drug-likeness (QED) is 0.469. The molecule has 0 spiro atoms. The van der Waals surface area contributed by atoms with E-state index in [-0.39, 0.29) is 29.4 Å². The topological polar surface area (TPSA) is 102 Å². The fraction of sp³-hybridized carbons (Fsp3) is 0.167. The maximum absolute atomic E-state index is 13.0. The molecule has 0 bridgehead atoms. The summed E-state index contributed by atoms with van der Waals surface area (Å²) in [4.78, 5) is 24.5. The Balaban J connectivity index is 1.71. The Hall–Kier alpha value is -3.65. The highest BCUT2D eigenvalue weighted by molar-refractivity contribution is 7.92. The zero-order chi connectivity index (χ0) is 23.1. The molecule has 0 aromatic heterocycles. The van der Waals surface area contributed by atoms with Gasteiger partial charge in [0.25, 0.3) is 10.0 Å². The number of sulfonamides is 1. The van der Waals surface area contributed by atoms with Crippen LogP contribution in [0.5, 0.6) is 5.75 Å². The number of carbonyl (C=O) groups excluding carboxylic acids is 2. The Morgan fingerprint density at radius 3 is 2.31 bits per heavy atom. The number of amides is 1. The van der Waals surface area contributed by atoms with Crippen molar-refractivity contribution >= 4 is 33.1 Å². The van der Waals surface area contributed by atoms with Crippen molar-refractivity contribution in [3.8, 4) is 5.75 Å². The van der Waals surface area contributed by atoms with Crippen LogP contribution < -0.4 is 14.8 Å². The lowest BCUT2D eigenvalue weighted by Crippen LogP contribution is -2.17. The number of para-hydroxylation sites is 2. The minimum atomic E-state index is -3.93. The van der Waals surface area contributed by atoms with Crippen LogP contribution in [0.2, 0.25) is 0 Å². The normalized spacial score (nSPS) is 10.9. The van der Waals surface area contributed by atoms with Crippen molar-refractivity contribution in [2.75, 3.05) is 17.1 Å². The van der Waals surface area contributed by atoms with Crippen LogP contribution in [0.3, 0.4) is 0 Å². The standard InChI is InChI=1S/C24H24N2O5S/c1-17-12-13-19(25-24(28)15-14-21(27)18-8-4-3-5-9-18)16-23(17)32(29,30)26-20-10-6-7-11-22(20)31-2/h3-13,16,26H,14-15H2,1-2H3,(H,25,28). The molecule has 2 N–H and O–H groups in total. The molecule has 0 heterocycles. The number of hydrogen-bond acceptors (Lipinski definition) is 5. The van der Waals surface area contributed by atoms with Gasteiger partial charge in [-0.2, -0.15) is 0 Å². The maximum Gasteiger partial charge on any atom is 0.262 e. The predicted octanol–water partition coefficient (Wildman–Crippen LogP) is 4.41. The number of rotatable bonds is 9. The summed E-state index contributed by atoms with van der Waals surface area (Å²) < 4.78 is 33.7. The lowest BCUT2D eigenvalue weighted by atomic mass is 10.1. The molecule has 0 fully saturated rings. The van der Waals surface area contributed by atoms with Crippen molar-refractivity contribution in [1.82, 2.24) is 0 Å². The van der Waals surface area contributed by atoms with Crippen molar-refractivity contribution in [1.29, 1.82) is 0 Å². The second kappa shape index (κ2) is 10.1. The molecule has 0 atom stereocenters. The van der Waals surface area contributed by atoms with E-state index in [1.165, 1.54) is 13.2 Å². The van der Waals surface area contributed by atoms with Gasteiger partial charge in [-0.05, 0) is 36.8 Å². The van der Waals surface area contributed by atoms with Crippen molar-refractivity contribution < 1.29 is 22.7 Å². The van der Waals surface area contributed by atoms with Gasteiger partial charge in [0.1, 0.15) is 5.75 Å². The van der Waals surface area contributed by atoms with E-state index < -0.39 is 10.0 Å². The number of Topliss-reactive ketones (excluding diaryl/α,β-unsaturated/α-hetero) is 1. The van der Waals surface area contributed by atoms with Crippen LogP contribution in [0.15, 0.2) is 77.7 Å². The number of nitrogens with one attached hydrogen (secondary N) is 2. The molecule has 3 aromatic rings. The van der Waals surface area contributed by atoms with Crippen LogP contribution in [-0.4, -0.2) is 27.2 Å². The molecule has 1 amide bonds. The number of anilines is 2. The van der Waals surface area contributed by atoms with Gasteiger partial charge in [0, 0.05) is 24.1 Å². The number of ketones is 1. The zero-order valence-electron chi connectivity index (χ0n) is 17.8. The van der Waals surface area contributed by atoms with E-state index in [0.717, 1.165) is 0 Å². The number of methoxy groups -OCH3 is 1. The van der Waals surface area contributed by atoms with Gasteiger partial charge in [0.2, 0.25) is 5.91 Å². The number of hydrogen-bond donors (Lipinski definition) is 2. The minimum absolute atomic E-state index is 0.0108. The smallest absolute Gasteiger partial charge is 0.262 e. The first-order valence-corrected chi connectivity index (χ1v) is 11.4. The maximum atomic E-state index is 13.0. The summed E-state index contributed by atoms with van der Waals surface area (Å²) in [5.74, 6) is -0.116. The zero-order valence-corrected chi connectivity index (χ0v) is 18.6. The van der Waals surface area contributed by atoms with Gasteiger partial charge in [-0.3, -0.25) is 14.3 Å². The molecule has 32 heavy (non-hydrogen) atoms. The summed E-state index contributed by atoms with van der Waals surface area (Å²) in [7, 11) is -2.48. The molecular weight excluding hydrogens is 428 g/mol. The third kappa shape index (κ3) is 5.73. The third-order valence-electron chi connectivity index (χ3n) is 4.79. The van der Waals surface area contributed by atoms with Crippen LogP contribution >= 0.6 is 0 Å². The largest absolute Gasteiger partial charge is 0.495 e. The molecule has 8 heteroatoms. The van der Waals surface area contributed by atoms with E-state index in [9.17, 15) is 18.0 Å². The van der Waals surface area contributed by atoms with Crippen LogP contribution in [0.4, 0.5) is 11.4 Å². The van der Waals surface area contributed by atoms with Gasteiger partial charge >= 0.3 is 0 Å². The van der Waals surface area contributed by atoms with E-state index in [1.54, 1.807) is 67.6 Å². The van der Waals surface area contributed by atoms with E-state index in [2.05, 4.69) is 10.0 Å². The van der Waals surface area contributed by atoms with Gasteiger partial charge < -0.3 is 10.1 Å². The Kier molecular flexibility index (Phi) is 7.27. The average molecular weight is 453 g/mol. The molecule has 0 saturated heterocycles. The van der Waals surface area contributed by atoms with Crippen LogP contribution in [0.25, 0.3) is 0 Å². The fourth-order valence-corrected chi connectivity index (χ4v) is 4.46. The van der Waals surface area contributed by atoms with Gasteiger partial charge in [0.15, 0.2) is 5.78 Å². The Morgan fingerprint density at radius 2 is 1.59 bits per heavy atom. The lowest BCUT2D eigenvalue weighted by molar-refractivity contribution is -0.116. The highest BCUT2D eigenvalue weighted by Crippen LogP contribution is 2.28. The molecule has 3 aromatic carbocycles. The molecule has 0 saturated carbocycles. The van der Waals surface area contributed by atoms with Crippen LogP contribution in [-0.2, 0) is 14.8 Å². The minimum Gasteiger partial charge on any atom is -0.495 e. The second-order valence-corrected chi connectivity index (χ2v) is 8.77. The molecule has 0 aliphatic carbocycles. The van der Waals surface area contributed by atoms with Crippen LogP contribution in [0.1, 0.15) is 28.8 Å². The molecular formula is C24H24N2O5S. The van der Waals surface area contributed by atoms with Gasteiger partial charge in [-0.25, -0.2) is 8.42 Å². The summed E-state index contributed by atoms with van der Waals surface area (Å²) in [6.45, 7) is 1.67. The van der Waals surface area contributed by atoms with E-state index in [1.807, 2.05) is 6.07 Å². The van der Waals surface area contributed by atoms with Crippen molar-refractivity contribution in [2.24, 2.45) is 0 Å². The number of benzene rings is 3. The summed E-state index contributed by atoms with van der Waals surface area (Å²) in [6.07, 6.45) is 0.0470. The van der Waals surface area contributed by atoms with Crippen molar-refractivity contribution in [3.05, 3.63) is 83.9 Å². The van der Waals surface area contributed by atoms with Crippen molar-refractivity contribution in [2.45, 2.75) is 24.7 Å². The van der Waals surface area contributed by atoms with E-state index >= 15 is 0 Å². The molecule has 3 rings (SSSR count). The van der Waals surface area contributed by atoms with E-state index in [0.29, 0.717) is 28.3 Å². The molecule has 166 valence electrons. The first-order valence-electron chi connectivity index (χ1n) is 9.95. The summed E-state index contributed by atoms with van der Waals surface area (Å²) >= 11 is 0. The number of aryl methyl sites for hydroxylation is 1. The number of carbonyl (C=O) groups is 2. The monoisotopic (exact) mass is 452 g/mol. The fourth-order valence-electron chi connectivity index (χ4n) is 3.11. The third-order valence-corrected chi connectivity index (χ3v) is 6.30. The molecule has 0 radical (unpaired) electrons. The Bertz CT molecular complexity index is 1220. The first-order chi connectivity index (χ1) is 15.3. The molecule has 7 nitrogen and oxygen atoms in total. The van der Waals surface area contributed by atoms with E-state index in [4.69, 9.17) is 4.74 Å². The summed E-state index contributed by atoms with van der Waals surface area (Å²) in [6, 6.07) is 20.1. The highest BCUT2D eigenvalue weighted by Gasteiger charge is 2.20. The second-order valence-electron chi connectivity index (χ2n) is 7.12. The average Bonchev–Trinajstić information content (AvgIpc) is 2.79. The first kappa shape index (κ1) is 23.0. The van der Waals surface area contributed by atoms with Gasteiger partial charge in [0.05, 0.1) is 17.7 Å². The molecule has 0 unspecified atom stereocenters. The van der Waals surface area contributed by atoms with Crippen molar-refractivity contribution in [3.63, 3.8) is 0 Å². The summed E-state index contributed by atoms with van der Waals surface area (Å²) in [5.41, 5.74) is 1.70. The van der Waals surface area contributed by atoms with Gasteiger partial charge in [-0.15, -0.1) is 0 Å². The van der Waals surface area contributed by atoms with Gasteiger partial charge in [-0.1, -0.05) is 48.5 Å². The lowest BCUT2D eigenvalue weighted by Gasteiger charge is -2.14. The van der Waals surface area contributed by atoms with Crippen LogP contribution in [0, 0.1) is 6.92 Å². The highest BCUT2D eigenvalue weighted by atomic mass is 32.2. The molecule has 0 aliphatic heterocycles.